The molecule has 14 heavy (non-hydrogen) atoms. The van der Waals surface area contributed by atoms with E-state index in [1.54, 1.807) is 0 Å². The largest absolute Gasteiger partial charge is 0.328 e. The molecule has 1 heterocycles. The minimum Gasteiger partial charge on any atom is -0.328 e. The smallest absolute Gasteiger partial charge is 0.288 e. The van der Waals surface area contributed by atoms with Gasteiger partial charge in [-0.1, -0.05) is 0 Å². The van der Waals surface area contributed by atoms with Crippen molar-refractivity contribution >= 4 is 5.69 Å². The van der Waals surface area contributed by atoms with Gasteiger partial charge in [0.2, 0.25) is 0 Å². The summed E-state index contributed by atoms with van der Waals surface area (Å²) < 4.78 is 24.6. The van der Waals surface area contributed by atoms with E-state index < -0.39 is 28.2 Å². The van der Waals surface area contributed by atoms with E-state index in [1.807, 2.05) is 4.98 Å². The maximum atomic E-state index is 12.3. The van der Waals surface area contributed by atoms with Crippen LogP contribution in [0.3, 0.4) is 0 Å². The molecule has 5 nitrogen and oxygen atoms in total. The molecule has 0 saturated carbocycles. The normalized spacial score (nSPS) is 10.6. The predicted molar refractivity (Wildman–Crippen MR) is 43.4 cm³/mol. The second-order valence-corrected chi connectivity index (χ2v) is 2.62. The summed E-state index contributed by atoms with van der Waals surface area (Å²) in [6.45, 7) is 1.28. The monoisotopic (exact) mass is 204 g/mol. The van der Waals surface area contributed by atoms with Crippen LogP contribution < -0.4 is 5.56 Å². The van der Waals surface area contributed by atoms with E-state index in [9.17, 15) is 23.7 Å². The third-order valence-electron chi connectivity index (χ3n) is 1.69. The fraction of sp³-hybridized carbons (Fsp3) is 0.286. The Morgan fingerprint density at radius 1 is 1.57 bits per heavy atom. The molecular formula is C7H6F2N2O3. The molecular weight excluding hydrogens is 198 g/mol. The van der Waals surface area contributed by atoms with E-state index in [1.165, 1.54) is 6.92 Å². The Bertz CT molecular complexity index is 427. The number of nitrogens with zero attached hydrogens (tertiary/aromatic N) is 1. The van der Waals surface area contributed by atoms with Gasteiger partial charge in [-0.2, -0.15) is 0 Å². The molecule has 1 rings (SSSR count). The number of aromatic nitrogens is 1. The lowest BCUT2D eigenvalue weighted by molar-refractivity contribution is -0.387. The maximum absolute atomic E-state index is 12.3. The van der Waals surface area contributed by atoms with Crippen molar-refractivity contribution in [3.63, 3.8) is 0 Å². The van der Waals surface area contributed by atoms with Crippen LogP contribution in [-0.2, 0) is 0 Å². The highest BCUT2D eigenvalue weighted by Crippen LogP contribution is 2.27. The van der Waals surface area contributed by atoms with Gasteiger partial charge in [-0.05, 0) is 6.92 Å². The van der Waals surface area contributed by atoms with E-state index in [2.05, 4.69) is 0 Å². The fourth-order valence-corrected chi connectivity index (χ4v) is 1.08. The number of hydrogen-bond donors (Lipinski definition) is 1. The molecule has 0 saturated heterocycles. The maximum Gasteiger partial charge on any atom is 0.288 e. The molecule has 0 unspecified atom stereocenters. The second-order valence-electron chi connectivity index (χ2n) is 2.62. The van der Waals surface area contributed by atoms with E-state index >= 15 is 0 Å². The third kappa shape index (κ3) is 1.61. The number of aryl methyl sites for hydroxylation is 1. The number of nitrogens with one attached hydrogen (secondary N) is 1. The lowest BCUT2D eigenvalue weighted by atomic mass is 10.1. The van der Waals surface area contributed by atoms with Gasteiger partial charge in [-0.15, -0.1) is 0 Å². The Hall–Kier alpha value is -1.79. The van der Waals surface area contributed by atoms with E-state index in [0.29, 0.717) is 0 Å². The van der Waals surface area contributed by atoms with Crippen molar-refractivity contribution in [2.45, 2.75) is 13.3 Å². The van der Waals surface area contributed by atoms with E-state index in [0.717, 1.165) is 6.20 Å². The number of alkyl halides is 2. The SMILES string of the molecule is Cc1c[nH]c(=O)c(C(F)F)c1[N+](=O)[O-]. The summed E-state index contributed by atoms with van der Waals surface area (Å²) in [4.78, 5) is 22.3. The van der Waals surface area contributed by atoms with Gasteiger partial charge in [0.1, 0.15) is 0 Å². The number of hydrogen-bond acceptors (Lipinski definition) is 3. The molecule has 0 fully saturated rings. The van der Waals surface area contributed by atoms with Gasteiger partial charge in [0.15, 0.2) is 5.56 Å². The first-order valence-corrected chi connectivity index (χ1v) is 3.60. The summed E-state index contributed by atoms with van der Waals surface area (Å²) in [6, 6.07) is 0. The average Bonchev–Trinajstić information content (AvgIpc) is 2.07. The number of aromatic amines is 1. The van der Waals surface area contributed by atoms with Crippen molar-refractivity contribution in [1.82, 2.24) is 4.98 Å². The van der Waals surface area contributed by atoms with Gasteiger partial charge in [-0.3, -0.25) is 14.9 Å². The predicted octanol–water partition coefficient (Wildman–Crippen LogP) is 1.53. The minimum atomic E-state index is -3.15. The molecule has 0 spiro atoms. The molecule has 0 atom stereocenters. The number of halogens is 2. The standard InChI is InChI=1S/C7H6F2N2O3/c1-3-2-10-7(12)4(6(8)9)5(3)11(13)14/h2,6H,1H3,(H,10,12). The summed E-state index contributed by atoms with van der Waals surface area (Å²) in [5.74, 6) is 0. The highest BCUT2D eigenvalue weighted by Gasteiger charge is 2.27. The molecule has 0 radical (unpaired) electrons. The summed E-state index contributed by atoms with van der Waals surface area (Å²) in [6.07, 6.45) is -2.12. The average molecular weight is 204 g/mol. The van der Waals surface area contributed by atoms with Crippen molar-refractivity contribution in [3.05, 3.63) is 37.8 Å². The Kier molecular flexibility index (Phi) is 2.59. The lowest BCUT2D eigenvalue weighted by Crippen LogP contribution is -2.16. The first-order chi connectivity index (χ1) is 6.45. The molecule has 1 aromatic heterocycles. The number of nitro groups is 1. The van der Waals surface area contributed by atoms with E-state index in [4.69, 9.17) is 0 Å². The highest BCUT2D eigenvalue weighted by atomic mass is 19.3. The molecule has 0 bridgehead atoms. The van der Waals surface area contributed by atoms with E-state index in [-0.39, 0.29) is 5.56 Å². The summed E-state index contributed by atoms with van der Waals surface area (Å²) in [5.41, 5.74) is -3.03. The van der Waals surface area contributed by atoms with Gasteiger partial charge in [0.05, 0.1) is 4.92 Å². The molecule has 7 heteroatoms. The quantitative estimate of drug-likeness (QED) is 0.586. The van der Waals surface area contributed by atoms with Crippen LogP contribution in [0.2, 0.25) is 0 Å². The fourth-order valence-electron chi connectivity index (χ4n) is 1.08. The lowest BCUT2D eigenvalue weighted by Gasteiger charge is -2.02. The molecule has 1 N–H and O–H groups in total. The van der Waals surface area contributed by atoms with Crippen LogP contribution in [0.5, 0.6) is 0 Å². The number of rotatable bonds is 2. The Morgan fingerprint density at radius 2 is 2.14 bits per heavy atom. The Balaban J connectivity index is 3.58. The van der Waals surface area contributed by atoms with Gasteiger partial charge < -0.3 is 4.98 Å². The second kappa shape index (κ2) is 3.52. The minimum absolute atomic E-state index is 0.00454. The van der Waals surface area contributed by atoms with Gasteiger partial charge in [0, 0.05) is 11.8 Å². The topological polar surface area (TPSA) is 76.0 Å². The molecule has 1 aromatic rings. The number of H-pyrrole nitrogens is 1. The Labute approximate surface area is 76.5 Å². The van der Waals surface area contributed by atoms with Crippen LogP contribution >= 0.6 is 0 Å². The van der Waals surface area contributed by atoms with Crippen molar-refractivity contribution < 1.29 is 13.7 Å². The first-order valence-electron chi connectivity index (χ1n) is 3.60. The van der Waals surface area contributed by atoms with Crippen molar-refractivity contribution in [3.8, 4) is 0 Å². The summed E-state index contributed by atoms with van der Waals surface area (Å²) in [5, 5.41) is 10.4. The molecule has 0 aliphatic heterocycles. The van der Waals surface area contributed by atoms with Gasteiger partial charge in [0.25, 0.3) is 17.7 Å². The Morgan fingerprint density at radius 3 is 2.50 bits per heavy atom. The van der Waals surface area contributed by atoms with Gasteiger partial charge in [-0.25, -0.2) is 8.78 Å². The van der Waals surface area contributed by atoms with Crippen LogP contribution in [0.1, 0.15) is 17.6 Å². The zero-order valence-electron chi connectivity index (χ0n) is 7.08. The molecule has 0 aromatic carbocycles. The zero-order chi connectivity index (χ0) is 10.9. The zero-order valence-corrected chi connectivity index (χ0v) is 7.08. The van der Waals surface area contributed by atoms with Crippen LogP contribution in [-0.4, -0.2) is 9.91 Å². The van der Waals surface area contributed by atoms with Crippen LogP contribution in [0.25, 0.3) is 0 Å². The molecule has 0 amide bonds. The van der Waals surface area contributed by atoms with Crippen molar-refractivity contribution in [2.24, 2.45) is 0 Å². The summed E-state index contributed by atoms with van der Waals surface area (Å²) >= 11 is 0. The van der Waals surface area contributed by atoms with Crippen LogP contribution in [0, 0.1) is 17.0 Å². The molecule has 0 aliphatic carbocycles. The van der Waals surface area contributed by atoms with Crippen molar-refractivity contribution in [1.29, 1.82) is 0 Å². The molecule has 76 valence electrons. The number of pyridine rings is 1. The molecule has 0 aliphatic rings. The van der Waals surface area contributed by atoms with Crippen LogP contribution in [0.4, 0.5) is 14.5 Å². The highest BCUT2D eigenvalue weighted by molar-refractivity contribution is 5.45. The summed E-state index contributed by atoms with van der Waals surface area (Å²) in [7, 11) is 0. The third-order valence-corrected chi connectivity index (χ3v) is 1.69. The van der Waals surface area contributed by atoms with Gasteiger partial charge >= 0.3 is 0 Å². The van der Waals surface area contributed by atoms with Crippen LogP contribution in [0.15, 0.2) is 11.0 Å². The first kappa shape index (κ1) is 10.3. The van der Waals surface area contributed by atoms with Crippen molar-refractivity contribution in [2.75, 3.05) is 0 Å².